The van der Waals surface area contributed by atoms with Crippen LogP contribution < -0.4 is 5.73 Å². The summed E-state index contributed by atoms with van der Waals surface area (Å²) in [4.78, 5) is 2.45. The Hall–Kier alpha value is -0.770. The van der Waals surface area contributed by atoms with Crippen LogP contribution in [-0.4, -0.2) is 0 Å². The first-order valence-corrected chi connectivity index (χ1v) is 7.05. The molecule has 0 aliphatic heterocycles. The molecule has 1 atom stereocenters. The van der Waals surface area contributed by atoms with E-state index in [2.05, 4.69) is 52.3 Å². The molecule has 0 bridgehead atoms. The molecule has 0 amide bonds. The van der Waals surface area contributed by atoms with Crippen LogP contribution in [0.1, 0.15) is 18.5 Å². The van der Waals surface area contributed by atoms with Gasteiger partial charge in [0, 0.05) is 20.3 Å². The summed E-state index contributed by atoms with van der Waals surface area (Å²) in [5, 5.41) is 0. The van der Waals surface area contributed by atoms with Crippen molar-refractivity contribution in [1.82, 2.24) is 0 Å². The van der Waals surface area contributed by atoms with E-state index in [4.69, 9.17) is 5.73 Å². The van der Waals surface area contributed by atoms with Crippen LogP contribution in [0.25, 0.3) is 0 Å². The van der Waals surface area contributed by atoms with Crippen molar-refractivity contribution in [2.45, 2.75) is 22.8 Å². The fourth-order valence-corrected chi connectivity index (χ4v) is 2.86. The van der Waals surface area contributed by atoms with Crippen molar-refractivity contribution >= 4 is 27.7 Å². The lowest BCUT2D eigenvalue weighted by atomic mass is 10.1. The van der Waals surface area contributed by atoms with Gasteiger partial charge in [0.1, 0.15) is 0 Å². The molecule has 0 radical (unpaired) electrons. The average Bonchev–Trinajstić information content (AvgIpc) is 2.33. The van der Waals surface area contributed by atoms with Crippen LogP contribution in [0, 0.1) is 0 Å². The maximum absolute atomic E-state index is 5.83. The first-order valence-electron chi connectivity index (χ1n) is 5.45. The maximum atomic E-state index is 5.83. The van der Waals surface area contributed by atoms with E-state index in [0.29, 0.717) is 0 Å². The summed E-state index contributed by atoms with van der Waals surface area (Å²) in [6.07, 6.45) is 0. The van der Waals surface area contributed by atoms with Crippen LogP contribution in [0.4, 0.5) is 0 Å². The molecule has 0 fully saturated rings. The predicted octanol–water partition coefficient (Wildman–Crippen LogP) is 4.62. The Labute approximate surface area is 115 Å². The molecule has 3 heteroatoms. The summed E-state index contributed by atoms with van der Waals surface area (Å²) in [6, 6.07) is 16.7. The van der Waals surface area contributed by atoms with Gasteiger partial charge < -0.3 is 5.73 Å². The number of rotatable bonds is 3. The Bertz CT molecular complexity index is 494. The molecule has 0 saturated carbocycles. The standard InChI is InChI=1S/C14H14BrNS/c1-10(16)11-6-8-12(9-7-11)17-14-5-3-2-4-13(14)15/h2-10H,16H2,1H3. The van der Waals surface area contributed by atoms with Crippen molar-refractivity contribution in [3.8, 4) is 0 Å². The lowest BCUT2D eigenvalue weighted by Crippen LogP contribution is -2.04. The van der Waals surface area contributed by atoms with Gasteiger partial charge in [0.05, 0.1) is 0 Å². The SMILES string of the molecule is CC(N)c1ccc(Sc2ccccc2Br)cc1. The second-order valence-electron chi connectivity index (χ2n) is 3.89. The Morgan fingerprint density at radius 1 is 1.06 bits per heavy atom. The number of nitrogens with two attached hydrogens (primary N) is 1. The fourth-order valence-electron chi connectivity index (χ4n) is 1.49. The minimum atomic E-state index is 0.0949. The van der Waals surface area contributed by atoms with Gasteiger partial charge in [-0.05, 0) is 52.7 Å². The number of benzene rings is 2. The third kappa shape index (κ3) is 3.35. The van der Waals surface area contributed by atoms with E-state index in [-0.39, 0.29) is 6.04 Å². The van der Waals surface area contributed by atoms with Crippen molar-refractivity contribution in [2.24, 2.45) is 5.73 Å². The van der Waals surface area contributed by atoms with Crippen LogP contribution in [0.3, 0.4) is 0 Å². The Morgan fingerprint density at radius 3 is 2.29 bits per heavy atom. The van der Waals surface area contributed by atoms with Gasteiger partial charge in [-0.1, -0.05) is 36.0 Å². The molecule has 2 aromatic carbocycles. The molecule has 2 N–H and O–H groups in total. The number of hydrogen-bond acceptors (Lipinski definition) is 2. The second-order valence-corrected chi connectivity index (χ2v) is 5.86. The highest BCUT2D eigenvalue weighted by Gasteiger charge is 2.03. The van der Waals surface area contributed by atoms with Gasteiger partial charge >= 0.3 is 0 Å². The summed E-state index contributed by atoms with van der Waals surface area (Å²) >= 11 is 5.30. The van der Waals surface area contributed by atoms with Crippen LogP contribution in [-0.2, 0) is 0 Å². The highest BCUT2D eigenvalue weighted by Crippen LogP contribution is 2.33. The van der Waals surface area contributed by atoms with E-state index in [1.807, 2.05) is 19.1 Å². The molecule has 0 heterocycles. The lowest BCUT2D eigenvalue weighted by Gasteiger charge is -2.07. The molecule has 2 rings (SSSR count). The van der Waals surface area contributed by atoms with Gasteiger partial charge in [0.15, 0.2) is 0 Å². The Balaban J connectivity index is 2.17. The zero-order chi connectivity index (χ0) is 12.3. The van der Waals surface area contributed by atoms with Crippen molar-refractivity contribution in [3.63, 3.8) is 0 Å². The first-order chi connectivity index (χ1) is 8.16. The molecule has 0 spiro atoms. The molecule has 17 heavy (non-hydrogen) atoms. The van der Waals surface area contributed by atoms with Gasteiger partial charge in [-0.3, -0.25) is 0 Å². The van der Waals surface area contributed by atoms with Gasteiger partial charge in [-0.2, -0.15) is 0 Å². The third-order valence-corrected chi connectivity index (χ3v) is 4.51. The molecule has 0 aromatic heterocycles. The third-order valence-electron chi connectivity index (χ3n) is 2.47. The van der Waals surface area contributed by atoms with Gasteiger partial charge in [0.2, 0.25) is 0 Å². The van der Waals surface area contributed by atoms with Crippen LogP contribution in [0.2, 0.25) is 0 Å². The van der Waals surface area contributed by atoms with Crippen LogP contribution in [0.15, 0.2) is 62.8 Å². The van der Waals surface area contributed by atoms with E-state index >= 15 is 0 Å². The monoisotopic (exact) mass is 307 g/mol. The van der Waals surface area contributed by atoms with Crippen LogP contribution >= 0.6 is 27.7 Å². The van der Waals surface area contributed by atoms with E-state index in [9.17, 15) is 0 Å². The van der Waals surface area contributed by atoms with E-state index in [0.717, 1.165) is 4.47 Å². The molecular formula is C14H14BrNS. The van der Waals surface area contributed by atoms with E-state index < -0.39 is 0 Å². The average molecular weight is 308 g/mol. The molecule has 2 aromatic rings. The minimum Gasteiger partial charge on any atom is -0.324 e. The van der Waals surface area contributed by atoms with E-state index in [1.165, 1.54) is 15.4 Å². The molecule has 0 aliphatic carbocycles. The van der Waals surface area contributed by atoms with Crippen molar-refractivity contribution in [3.05, 3.63) is 58.6 Å². The molecule has 1 unspecified atom stereocenters. The zero-order valence-electron chi connectivity index (χ0n) is 9.56. The highest BCUT2D eigenvalue weighted by atomic mass is 79.9. The molecule has 0 saturated heterocycles. The zero-order valence-corrected chi connectivity index (χ0v) is 12.0. The largest absolute Gasteiger partial charge is 0.324 e. The number of hydrogen-bond donors (Lipinski definition) is 1. The van der Waals surface area contributed by atoms with E-state index in [1.54, 1.807) is 11.8 Å². The van der Waals surface area contributed by atoms with Gasteiger partial charge in [-0.25, -0.2) is 0 Å². The highest BCUT2D eigenvalue weighted by molar-refractivity contribution is 9.10. The molecule has 1 nitrogen and oxygen atoms in total. The first kappa shape index (κ1) is 12.7. The normalized spacial score (nSPS) is 12.4. The summed E-state index contributed by atoms with van der Waals surface area (Å²) in [5.41, 5.74) is 6.99. The summed E-state index contributed by atoms with van der Waals surface area (Å²) in [6.45, 7) is 2.00. The van der Waals surface area contributed by atoms with Gasteiger partial charge in [0.25, 0.3) is 0 Å². The molecule has 0 aliphatic rings. The summed E-state index contributed by atoms with van der Waals surface area (Å²) < 4.78 is 1.13. The maximum Gasteiger partial charge on any atom is 0.0314 e. The fraction of sp³-hybridized carbons (Fsp3) is 0.143. The Kier molecular flexibility index (Phi) is 4.26. The molecular weight excluding hydrogens is 294 g/mol. The second kappa shape index (κ2) is 5.71. The minimum absolute atomic E-state index is 0.0949. The quantitative estimate of drug-likeness (QED) is 0.895. The summed E-state index contributed by atoms with van der Waals surface area (Å²) in [5.74, 6) is 0. The van der Waals surface area contributed by atoms with Crippen molar-refractivity contribution < 1.29 is 0 Å². The predicted molar refractivity (Wildman–Crippen MR) is 77.3 cm³/mol. The van der Waals surface area contributed by atoms with Gasteiger partial charge in [-0.15, -0.1) is 0 Å². The Morgan fingerprint density at radius 2 is 1.71 bits per heavy atom. The topological polar surface area (TPSA) is 26.0 Å². The smallest absolute Gasteiger partial charge is 0.0314 e. The molecule has 88 valence electrons. The van der Waals surface area contributed by atoms with Crippen LogP contribution in [0.5, 0.6) is 0 Å². The van der Waals surface area contributed by atoms with Crippen molar-refractivity contribution in [1.29, 1.82) is 0 Å². The van der Waals surface area contributed by atoms with Crippen molar-refractivity contribution in [2.75, 3.05) is 0 Å². The lowest BCUT2D eigenvalue weighted by molar-refractivity contribution is 0.817. The summed E-state index contributed by atoms with van der Waals surface area (Å²) in [7, 11) is 0. The number of halogens is 1.